The Morgan fingerprint density at radius 3 is 2.50 bits per heavy atom. The Kier molecular flexibility index (Phi) is 3.08. The predicted octanol–water partition coefficient (Wildman–Crippen LogP) is 4.70. The lowest BCUT2D eigenvalue weighted by Crippen LogP contribution is -2.58. The van der Waals surface area contributed by atoms with Gasteiger partial charge in [-0.2, -0.15) is 10.2 Å². The highest BCUT2D eigenvalue weighted by atomic mass is 15.1. The highest BCUT2D eigenvalue weighted by molar-refractivity contribution is 6.05. The minimum Gasteiger partial charge on any atom is -0.373 e. The van der Waals surface area contributed by atoms with Crippen molar-refractivity contribution in [2.24, 2.45) is 10.2 Å². The van der Waals surface area contributed by atoms with Gasteiger partial charge >= 0.3 is 0 Å². The largest absolute Gasteiger partial charge is 0.373 e. The summed E-state index contributed by atoms with van der Waals surface area (Å²) in [6.45, 7) is 8.77. The van der Waals surface area contributed by atoms with Crippen molar-refractivity contribution in [1.82, 2.24) is 0 Å². The van der Waals surface area contributed by atoms with Crippen molar-refractivity contribution in [3.05, 3.63) is 46.4 Å². The van der Waals surface area contributed by atoms with Crippen molar-refractivity contribution in [1.29, 1.82) is 0 Å². The monoisotopic (exact) mass is 343 g/mol. The van der Waals surface area contributed by atoms with E-state index in [1.165, 1.54) is 26.8 Å². The lowest BCUT2D eigenvalue weighted by atomic mass is 9.57. The van der Waals surface area contributed by atoms with Gasteiger partial charge in [0.25, 0.3) is 0 Å². The molecule has 2 unspecified atom stereocenters. The second-order valence-electron chi connectivity index (χ2n) is 8.44. The quantitative estimate of drug-likeness (QED) is 0.623. The van der Waals surface area contributed by atoms with Crippen LogP contribution in [-0.4, -0.2) is 11.6 Å². The smallest absolute Gasteiger partial charge is 0.117 e. The summed E-state index contributed by atoms with van der Waals surface area (Å²) >= 11 is 0. The molecule has 1 aliphatic heterocycles. The average molecular weight is 343 g/mol. The minimum absolute atomic E-state index is 0.0125. The van der Waals surface area contributed by atoms with Crippen LogP contribution < -0.4 is 15.8 Å². The maximum absolute atomic E-state index is 4.74. The first-order valence-electron chi connectivity index (χ1n) is 9.64. The van der Waals surface area contributed by atoms with Crippen LogP contribution in [0, 0.1) is 0 Å². The molecule has 0 amide bonds. The molecular weight excluding hydrogens is 318 g/mol. The van der Waals surface area contributed by atoms with Crippen LogP contribution in [-0.2, 0) is 5.41 Å². The van der Waals surface area contributed by atoms with E-state index < -0.39 is 0 Å². The van der Waals surface area contributed by atoms with Crippen molar-refractivity contribution in [3.8, 4) is 0 Å². The fourth-order valence-corrected chi connectivity index (χ4v) is 4.67. The number of azo groups is 1. The molecule has 2 aromatic rings. The summed E-state index contributed by atoms with van der Waals surface area (Å²) in [4.78, 5) is 0. The third kappa shape index (κ3) is 1.83. The Morgan fingerprint density at radius 2 is 1.81 bits per heavy atom. The van der Waals surface area contributed by atoms with Crippen molar-refractivity contribution >= 4 is 34.3 Å². The molecule has 0 bridgehead atoms. The highest BCUT2D eigenvalue weighted by Crippen LogP contribution is 2.54. The van der Waals surface area contributed by atoms with Crippen LogP contribution in [0.4, 0.5) is 11.4 Å². The van der Waals surface area contributed by atoms with Gasteiger partial charge in [0.05, 0.1) is 17.3 Å². The van der Waals surface area contributed by atoms with Gasteiger partial charge in [-0.1, -0.05) is 42.5 Å². The first-order chi connectivity index (χ1) is 12.4. The van der Waals surface area contributed by atoms with Gasteiger partial charge in [0.1, 0.15) is 5.69 Å². The molecule has 0 saturated carbocycles. The van der Waals surface area contributed by atoms with Crippen LogP contribution in [0.1, 0.15) is 46.1 Å². The predicted molar refractivity (Wildman–Crippen MR) is 110 cm³/mol. The van der Waals surface area contributed by atoms with Gasteiger partial charge < -0.3 is 5.32 Å². The van der Waals surface area contributed by atoms with Crippen LogP contribution in [0.5, 0.6) is 0 Å². The number of rotatable bonds is 2. The molecule has 3 nitrogen and oxygen atoms in total. The molecule has 3 heteroatoms. The molecule has 0 spiro atoms. The lowest BCUT2D eigenvalue weighted by molar-refractivity contribution is 0.368. The zero-order valence-corrected chi connectivity index (χ0v) is 15.9. The first-order valence-corrected chi connectivity index (χ1v) is 9.64. The Bertz CT molecular complexity index is 1120. The molecular formula is C23H25N3. The zero-order valence-electron chi connectivity index (χ0n) is 15.9. The highest BCUT2D eigenvalue weighted by Gasteiger charge is 2.52. The van der Waals surface area contributed by atoms with Gasteiger partial charge in [0.2, 0.25) is 0 Å². The summed E-state index contributed by atoms with van der Waals surface area (Å²) in [5.74, 6) is 0. The van der Waals surface area contributed by atoms with Gasteiger partial charge in [-0.3, -0.25) is 0 Å². The molecule has 2 aromatic carbocycles. The normalized spacial score (nSPS) is 28.2. The van der Waals surface area contributed by atoms with Crippen LogP contribution in [0.3, 0.4) is 0 Å². The van der Waals surface area contributed by atoms with Gasteiger partial charge in [0.15, 0.2) is 0 Å². The number of nitrogens with zero attached hydrogens (tertiary/aromatic N) is 2. The fourth-order valence-electron chi connectivity index (χ4n) is 4.67. The maximum atomic E-state index is 4.74. The van der Waals surface area contributed by atoms with Crippen molar-refractivity contribution in [3.63, 3.8) is 0 Å². The van der Waals surface area contributed by atoms with Crippen molar-refractivity contribution < 1.29 is 0 Å². The summed E-state index contributed by atoms with van der Waals surface area (Å²) in [5.41, 5.74) is 3.49. The second kappa shape index (κ2) is 5.06. The molecule has 0 fully saturated rings. The molecule has 5 rings (SSSR count). The molecule has 2 aliphatic carbocycles. The van der Waals surface area contributed by atoms with E-state index >= 15 is 0 Å². The molecule has 132 valence electrons. The lowest BCUT2D eigenvalue weighted by Gasteiger charge is -2.54. The van der Waals surface area contributed by atoms with E-state index in [4.69, 9.17) is 5.11 Å². The third-order valence-corrected chi connectivity index (χ3v) is 6.41. The zero-order chi connectivity index (χ0) is 18.1. The van der Waals surface area contributed by atoms with Gasteiger partial charge in [-0.25, -0.2) is 0 Å². The number of nitrogens with one attached hydrogen (secondary N) is 1. The minimum atomic E-state index is -0.0804. The van der Waals surface area contributed by atoms with Gasteiger partial charge in [-0.15, -0.1) is 0 Å². The molecule has 1 heterocycles. The van der Waals surface area contributed by atoms with Crippen LogP contribution in [0.15, 0.2) is 40.6 Å². The van der Waals surface area contributed by atoms with E-state index in [1.807, 2.05) is 0 Å². The Balaban J connectivity index is 1.98. The summed E-state index contributed by atoms with van der Waals surface area (Å²) in [6, 6.07) is 6.94. The Morgan fingerprint density at radius 1 is 1.04 bits per heavy atom. The fraction of sp³-hybridized carbons (Fsp3) is 0.391. The van der Waals surface area contributed by atoms with E-state index in [0.717, 1.165) is 24.2 Å². The van der Waals surface area contributed by atoms with Gasteiger partial charge in [-0.05, 0) is 56.7 Å². The van der Waals surface area contributed by atoms with Crippen LogP contribution in [0.2, 0.25) is 0 Å². The first kappa shape index (κ1) is 15.8. The molecule has 2 atom stereocenters. The molecule has 1 N–H and O–H groups in total. The summed E-state index contributed by atoms with van der Waals surface area (Å²) in [6.07, 6.45) is 11.5. The molecule has 26 heavy (non-hydrogen) atoms. The SMILES string of the molecule is CC(C)N=Nc1c2c3c(cccc3c3c1=CCCC=3)C1(C)C=CC1(C)N2. The van der Waals surface area contributed by atoms with E-state index in [1.54, 1.807) is 0 Å². The maximum Gasteiger partial charge on any atom is 0.117 e. The van der Waals surface area contributed by atoms with Crippen molar-refractivity contribution in [2.45, 2.75) is 57.5 Å². The number of hydrogen-bond acceptors (Lipinski definition) is 3. The molecule has 3 aliphatic rings. The van der Waals surface area contributed by atoms with Gasteiger partial charge in [0, 0.05) is 16.0 Å². The standard InChI is InChI=1S/C23H25N3/c1-14(2)25-26-20-17-9-6-5-8-15(17)16-10-7-11-18-19(16)21(20)24-23(4)13-12-22(18,23)3/h7-14,24H,5-6H2,1-4H3. The summed E-state index contributed by atoms with van der Waals surface area (Å²) in [7, 11) is 0. The topological polar surface area (TPSA) is 36.8 Å². The van der Waals surface area contributed by atoms with Crippen LogP contribution in [0.25, 0.3) is 22.9 Å². The number of benzene rings is 2. The summed E-state index contributed by atoms with van der Waals surface area (Å²) in [5, 5.41) is 18.3. The number of anilines is 1. The van der Waals surface area contributed by atoms with E-state index in [0.29, 0.717) is 0 Å². The number of fused-ring (bicyclic) bond motifs is 4. The van der Waals surface area contributed by atoms with Crippen LogP contribution >= 0.6 is 0 Å². The number of hydrogen-bond donors (Lipinski definition) is 1. The average Bonchev–Trinajstić information content (AvgIpc) is 2.64. The third-order valence-electron chi connectivity index (χ3n) is 6.41. The van der Waals surface area contributed by atoms with Crippen molar-refractivity contribution in [2.75, 3.05) is 5.32 Å². The van der Waals surface area contributed by atoms with E-state index in [2.05, 4.69) is 80.6 Å². The Hall–Kier alpha value is -2.42. The Labute approximate surface area is 154 Å². The van der Waals surface area contributed by atoms with E-state index in [9.17, 15) is 0 Å². The summed E-state index contributed by atoms with van der Waals surface area (Å²) < 4.78 is 0. The van der Waals surface area contributed by atoms with E-state index in [-0.39, 0.29) is 17.0 Å². The molecule has 0 aromatic heterocycles. The second-order valence-corrected chi connectivity index (χ2v) is 8.44. The molecule has 0 radical (unpaired) electrons. The molecule has 0 saturated heterocycles.